The molecule has 2 aliphatic carbocycles. The Morgan fingerprint density at radius 3 is 2.52 bits per heavy atom. The summed E-state index contributed by atoms with van der Waals surface area (Å²) in [6.07, 6.45) is -3.19. The van der Waals surface area contributed by atoms with Crippen molar-refractivity contribution < 1.29 is 38.7 Å². The molecule has 0 amide bonds. The van der Waals surface area contributed by atoms with E-state index in [2.05, 4.69) is 6.58 Å². The summed E-state index contributed by atoms with van der Waals surface area (Å²) in [6, 6.07) is 0. The summed E-state index contributed by atoms with van der Waals surface area (Å²) in [5, 5.41) is 22.8. The summed E-state index contributed by atoms with van der Waals surface area (Å²) in [5.74, 6) is -4.21. The molecule has 3 heterocycles. The predicted molar refractivity (Wildman–Crippen MR) is 90.1 cm³/mol. The van der Waals surface area contributed by atoms with Crippen LogP contribution in [0.5, 0.6) is 0 Å². The van der Waals surface area contributed by atoms with Gasteiger partial charge in [0.15, 0.2) is 5.79 Å². The second kappa shape index (κ2) is 5.11. The zero-order valence-corrected chi connectivity index (χ0v) is 16.1. The minimum Gasteiger partial charge on any atom is -0.467 e. The standard InChI is InChI=1S/C19H26O8/c1-8(2)10-11-14(21)25-13(12(10)20)17(5)18(11,23)7-9-19(17,15(22)24-6)27-16(3,4)26-9/h9-13,20,23H,1,7H2,2-6H3/t9-,10+,11-,12-,13-,17-,18-,19+/m1/s1. The van der Waals surface area contributed by atoms with Gasteiger partial charge in [0, 0.05) is 12.3 Å². The van der Waals surface area contributed by atoms with Gasteiger partial charge in [0.1, 0.15) is 12.2 Å². The molecule has 0 radical (unpaired) electrons. The zero-order chi connectivity index (χ0) is 20.2. The molecule has 3 aliphatic heterocycles. The Labute approximate surface area is 157 Å². The van der Waals surface area contributed by atoms with Gasteiger partial charge in [0.25, 0.3) is 0 Å². The quantitative estimate of drug-likeness (QED) is 0.518. The van der Waals surface area contributed by atoms with E-state index in [-0.39, 0.29) is 6.42 Å². The lowest BCUT2D eigenvalue weighted by Crippen LogP contribution is -2.79. The van der Waals surface area contributed by atoms with Crippen molar-refractivity contribution in [1.29, 1.82) is 0 Å². The Kier molecular flexibility index (Phi) is 3.57. The zero-order valence-electron chi connectivity index (χ0n) is 16.1. The third kappa shape index (κ3) is 1.83. The van der Waals surface area contributed by atoms with E-state index in [1.54, 1.807) is 27.7 Å². The molecule has 0 aromatic heterocycles. The number of carbonyl (C=O) groups excluding carboxylic acids is 2. The highest BCUT2D eigenvalue weighted by molar-refractivity contribution is 5.87. The molecule has 2 saturated carbocycles. The number of hydrogen-bond donors (Lipinski definition) is 2. The average Bonchev–Trinajstić information content (AvgIpc) is 2.93. The van der Waals surface area contributed by atoms with Crippen molar-refractivity contribution in [3.05, 3.63) is 12.2 Å². The van der Waals surface area contributed by atoms with E-state index in [1.807, 2.05) is 0 Å². The van der Waals surface area contributed by atoms with E-state index in [0.717, 1.165) is 0 Å². The molecular weight excluding hydrogens is 356 g/mol. The third-order valence-electron chi connectivity index (χ3n) is 7.13. The van der Waals surface area contributed by atoms with Crippen molar-refractivity contribution in [2.24, 2.45) is 17.3 Å². The van der Waals surface area contributed by atoms with Gasteiger partial charge in [0.2, 0.25) is 5.60 Å². The monoisotopic (exact) mass is 382 g/mol. The Balaban J connectivity index is 1.96. The molecule has 5 aliphatic rings. The van der Waals surface area contributed by atoms with Gasteiger partial charge in [-0.1, -0.05) is 12.2 Å². The molecule has 8 nitrogen and oxygen atoms in total. The summed E-state index contributed by atoms with van der Waals surface area (Å²) in [7, 11) is 1.23. The minimum absolute atomic E-state index is 0.0191. The first-order valence-corrected chi connectivity index (χ1v) is 9.10. The van der Waals surface area contributed by atoms with Gasteiger partial charge in [-0.15, -0.1) is 0 Å². The molecule has 3 saturated heterocycles. The number of carbonyl (C=O) groups is 2. The fourth-order valence-electron chi connectivity index (χ4n) is 6.12. The van der Waals surface area contributed by atoms with Crippen LogP contribution >= 0.6 is 0 Å². The van der Waals surface area contributed by atoms with Crippen molar-refractivity contribution in [3.63, 3.8) is 0 Å². The highest BCUT2D eigenvalue weighted by atomic mass is 16.8. The summed E-state index contributed by atoms with van der Waals surface area (Å²) in [5.41, 5.74) is -4.30. The van der Waals surface area contributed by atoms with Crippen LogP contribution in [0.4, 0.5) is 0 Å². The van der Waals surface area contributed by atoms with E-state index in [1.165, 1.54) is 7.11 Å². The largest absolute Gasteiger partial charge is 0.467 e. The smallest absolute Gasteiger partial charge is 0.341 e. The molecule has 0 aromatic rings. The summed E-state index contributed by atoms with van der Waals surface area (Å²) >= 11 is 0. The van der Waals surface area contributed by atoms with Gasteiger partial charge in [-0.2, -0.15) is 0 Å². The van der Waals surface area contributed by atoms with Gasteiger partial charge in [0.05, 0.1) is 30.1 Å². The number of methoxy groups -OCH3 is 1. The molecule has 0 spiro atoms. The van der Waals surface area contributed by atoms with Crippen LogP contribution in [0.25, 0.3) is 0 Å². The molecule has 5 rings (SSSR count). The third-order valence-corrected chi connectivity index (χ3v) is 7.13. The summed E-state index contributed by atoms with van der Waals surface area (Å²) in [4.78, 5) is 25.7. The van der Waals surface area contributed by atoms with Crippen LogP contribution < -0.4 is 0 Å². The van der Waals surface area contributed by atoms with Crippen LogP contribution in [0.3, 0.4) is 0 Å². The van der Waals surface area contributed by atoms with Crippen molar-refractivity contribution in [2.45, 2.75) is 69.4 Å². The SMILES string of the molecule is C=C(C)[C@@H]1[C@@H](O)[C@H]2OC(=O)[C@@H]1[C@]1(O)C[C@H]3OC(C)(C)O[C@@]3(C(=O)OC)[C@]21C. The second-order valence-corrected chi connectivity index (χ2v) is 8.86. The number of esters is 2. The molecule has 2 N–H and O–H groups in total. The van der Waals surface area contributed by atoms with Crippen LogP contribution in [-0.2, 0) is 28.5 Å². The van der Waals surface area contributed by atoms with Crippen LogP contribution in [0.2, 0.25) is 0 Å². The van der Waals surface area contributed by atoms with Crippen molar-refractivity contribution in [2.75, 3.05) is 7.11 Å². The Hall–Kier alpha value is -1.48. The van der Waals surface area contributed by atoms with Crippen LogP contribution in [0, 0.1) is 17.3 Å². The fourth-order valence-corrected chi connectivity index (χ4v) is 6.12. The maximum absolute atomic E-state index is 13.0. The van der Waals surface area contributed by atoms with E-state index >= 15 is 0 Å². The molecule has 0 aromatic carbocycles. The van der Waals surface area contributed by atoms with Gasteiger partial charge < -0.3 is 29.2 Å². The fraction of sp³-hybridized carbons (Fsp3) is 0.789. The number of aliphatic hydroxyl groups excluding tert-OH is 1. The molecule has 0 unspecified atom stereocenters. The lowest BCUT2D eigenvalue weighted by molar-refractivity contribution is -0.322. The number of fused-ring (bicyclic) bond motifs is 3. The van der Waals surface area contributed by atoms with Gasteiger partial charge in [-0.3, -0.25) is 4.79 Å². The summed E-state index contributed by atoms with van der Waals surface area (Å²) < 4.78 is 22.6. The van der Waals surface area contributed by atoms with Gasteiger partial charge in [-0.05, 0) is 27.7 Å². The van der Waals surface area contributed by atoms with Crippen molar-refractivity contribution in [1.82, 2.24) is 0 Å². The molecule has 5 fully saturated rings. The summed E-state index contributed by atoms with van der Waals surface area (Å²) in [6.45, 7) is 10.5. The number of rotatable bonds is 2. The van der Waals surface area contributed by atoms with E-state index in [4.69, 9.17) is 18.9 Å². The van der Waals surface area contributed by atoms with Crippen molar-refractivity contribution in [3.8, 4) is 0 Å². The second-order valence-electron chi connectivity index (χ2n) is 8.86. The lowest BCUT2D eigenvalue weighted by Gasteiger charge is -2.63. The number of aliphatic hydroxyl groups is 2. The maximum Gasteiger partial charge on any atom is 0.341 e. The Bertz CT molecular complexity index is 746. The van der Waals surface area contributed by atoms with Crippen LogP contribution in [0.1, 0.15) is 34.1 Å². The normalized spacial score (nSPS) is 52.1. The molecule has 150 valence electrons. The van der Waals surface area contributed by atoms with Crippen LogP contribution in [-0.4, -0.2) is 64.6 Å². The first kappa shape index (κ1) is 18.9. The Morgan fingerprint density at radius 2 is 1.96 bits per heavy atom. The molecule has 8 heteroatoms. The first-order valence-electron chi connectivity index (χ1n) is 9.10. The van der Waals surface area contributed by atoms with E-state index in [9.17, 15) is 19.8 Å². The topological polar surface area (TPSA) is 112 Å². The molecule has 27 heavy (non-hydrogen) atoms. The Morgan fingerprint density at radius 1 is 1.33 bits per heavy atom. The number of hydrogen-bond acceptors (Lipinski definition) is 8. The van der Waals surface area contributed by atoms with Gasteiger partial charge >= 0.3 is 11.9 Å². The first-order chi connectivity index (χ1) is 12.4. The highest BCUT2D eigenvalue weighted by Gasteiger charge is 2.88. The molecule has 8 atom stereocenters. The van der Waals surface area contributed by atoms with Gasteiger partial charge in [-0.25, -0.2) is 4.79 Å². The predicted octanol–water partition coefficient (Wildman–Crippen LogP) is 0.299. The van der Waals surface area contributed by atoms with E-state index in [0.29, 0.717) is 5.57 Å². The molecular formula is C19H26O8. The minimum atomic E-state index is -1.72. The number of ether oxygens (including phenoxy) is 4. The molecule has 2 bridgehead atoms. The lowest BCUT2D eigenvalue weighted by atomic mass is 9.49. The van der Waals surface area contributed by atoms with Crippen molar-refractivity contribution >= 4 is 11.9 Å². The highest BCUT2D eigenvalue weighted by Crippen LogP contribution is 2.71. The van der Waals surface area contributed by atoms with E-state index < -0.39 is 64.5 Å². The van der Waals surface area contributed by atoms with Crippen LogP contribution in [0.15, 0.2) is 12.2 Å². The average molecular weight is 382 g/mol. The maximum atomic E-state index is 13.0.